The van der Waals surface area contributed by atoms with Gasteiger partial charge in [0.2, 0.25) is 11.8 Å². The maximum atomic E-state index is 13.4. The zero-order valence-electron chi connectivity index (χ0n) is 19.0. The van der Waals surface area contributed by atoms with E-state index in [0.717, 1.165) is 12.0 Å². The molecule has 0 spiro atoms. The van der Waals surface area contributed by atoms with Crippen LogP contribution in [0.3, 0.4) is 0 Å². The lowest BCUT2D eigenvalue weighted by molar-refractivity contribution is -0.141. The number of nitrogens with zero attached hydrogens (tertiary/aromatic N) is 2. The molecule has 1 aliphatic rings. The third-order valence-electron chi connectivity index (χ3n) is 5.77. The molecule has 0 fully saturated rings. The maximum Gasteiger partial charge on any atom is 0.269 e. The lowest BCUT2D eigenvalue weighted by atomic mass is 10.1. The van der Waals surface area contributed by atoms with Crippen molar-refractivity contribution in [3.05, 3.63) is 65.7 Å². The molecule has 3 amide bonds. The highest BCUT2D eigenvalue weighted by atomic mass is 32.2. The van der Waals surface area contributed by atoms with Gasteiger partial charge in [0.25, 0.3) is 15.9 Å². The average molecular weight is 472 g/mol. The van der Waals surface area contributed by atoms with E-state index in [-0.39, 0.29) is 29.0 Å². The van der Waals surface area contributed by atoms with Gasteiger partial charge in [-0.25, -0.2) is 12.7 Å². The molecular weight excluding hydrogens is 442 g/mol. The molecule has 2 aromatic carbocycles. The first-order chi connectivity index (χ1) is 15.7. The molecular formula is C24H29N3O5S. The number of hydrogen-bond acceptors (Lipinski definition) is 5. The van der Waals surface area contributed by atoms with Crippen LogP contribution in [-0.2, 0) is 26.2 Å². The van der Waals surface area contributed by atoms with Crippen molar-refractivity contribution in [1.29, 1.82) is 0 Å². The number of sulfonamides is 1. The van der Waals surface area contributed by atoms with Crippen molar-refractivity contribution >= 4 is 27.7 Å². The number of amides is 3. The first kappa shape index (κ1) is 24.4. The Labute approximate surface area is 194 Å². The van der Waals surface area contributed by atoms with Gasteiger partial charge in [-0.3, -0.25) is 14.4 Å². The van der Waals surface area contributed by atoms with Crippen LogP contribution in [0.25, 0.3) is 0 Å². The van der Waals surface area contributed by atoms with Crippen LogP contribution in [-0.4, -0.2) is 54.0 Å². The van der Waals surface area contributed by atoms with Gasteiger partial charge < -0.3 is 10.2 Å². The summed E-state index contributed by atoms with van der Waals surface area (Å²) >= 11 is 0. The van der Waals surface area contributed by atoms with Crippen molar-refractivity contribution < 1.29 is 22.8 Å². The van der Waals surface area contributed by atoms with E-state index >= 15 is 0 Å². The quantitative estimate of drug-likeness (QED) is 0.605. The van der Waals surface area contributed by atoms with Gasteiger partial charge in [-0.1, -0.05) is 56.3 Å². The molecule has 33 heavy (non-hydrogen) atoms. The van der Waals surface area contributed by atoms with E-state index in [1.165, 1.54) is 23.1 Å². The van der Waals surface area contributed by atoms with Crippen molar-refractivity contribution in [2.24, 2.45) is 0 Å². The summed E-state index contributed by atoms with van der Waals surface area (Å²) in [5.41, 5.74) is 0.834. The van der Waals surface area contributed by atoms with E-state index in [4.69, 9.17) is 0 Å². The van der Waals surface area contributed by atoms with Gasteiger partial charge >= 0.3 is 0 Å². The first-order valence-corrected chi connectivity index (χ1v) is 12.4. The number of carbonyl (C=O) groups excluding carboxylic acids is 3. The van der Waals surface area contributed by atoms with Gasteiger partial charge in [0.1, 0.15) is 17.5 Å². The highest BCUT2D eigenvalue weighted by Crippen LogP contribution is 2.30. The Kier molecular flexibility index (Phi) is 7.53. The topological polar surface area (TPSA) is 104 Å². The monoisotopic (exact) mass is 471 g/mol. The zero-order chi connectivity index (χ0) is 24.2. The Balaban J connectivity index is 1.91. The summed E-state index contributed by atoms with van der Waals surface area (Å²) in [4.78, 5) is 40.5. The molecule has 1 heterocycles. The Bertz CT molecular complexity index is 1130. The van der Waals surface area contributed by atoms with Gasteiger partial charge in [0.15, 0.2) is 0 Å². The van der Waals surface area contributed by atoms with Crippen LogP contribution in [0.15, 0.2) is 59.5 Å². The van der Waals surface area contributed by atoms with Crippen LogP contribution >= 0.6 is 0 Å². The molecule has 0 unspecified atom stereocenters. The third-order valence-corrected chi connectivity index (χ3v) is 7.56. The van der Waals surface area contributed by atoms with Crippen molar-refractivity contribution in [1.82, 2.24) is 14.5 Å². The Hall–Kier alpha value is -3.20. The lowest BCUT2D eigenvalue weighted by Gasteiger charge is -2.32. The molecule has 1 N–H and O–H groups in total. The minimum Gasteiger partial charge on any atom is -0.352 e. The molecule has 8 nitrogen and oxygen atoms in total. The molecule has 0 aliphatic carbocycles. The number of nitrogens with one attached hydrogen (secondary N) is 1. The Morgan fingerprint density at radius 2 is 1.64 bits per heavy atom. The molecule has 3 rings (SSSR count). The van der Waals surface area contributed by atoms with Gasteiger partial charge in [-0.15, -0.1) is 0 Å². The predicted molar refractivity (Wildman–Crippen MR) is 124 cm³/mol. The molecule has 2 atom stereocenters. The first-order valence-electron chi connectivity index (χ1n) is 11.0. The fourth-order valence-corrected chi connectivity index (χ4v) is 5.26. The second kappa shape index (κ2) is 10.2. The summed E-state index contributed by atoms with van der Waals surface area (Å²) in [5, 5.41) is 2.90. The number of fused-ring (bicyclic) bond motifs is 1. The number of carbonyl (C=O) groups is 3. The standard InChI is InChI=1S/C24H29N3O5S/c1-4-17(3)25-23(29)20(5-2)26(15-18-11-7-6-8-12-18)22(28)16-27-24(30)19-13-9-10-14-21(19)33(27,31)32/h6-14,17,20H,4-5,15-16H2,1-3H3,(H,25,29)/t17-,20+/m1/s1. The minimum atomic E-state index is -4.14. The maximum absolute atomic E-state index is 13.4. The normalized spacial score (nSPS) is 16.1. The second-order valence-electron chi connectivity index (χ2n) is 8.06. The number of hydrogen-bond donors (Lipinski definition) is 1. The molecule has 0 saturated heterocycles. The molecule has 0 radical (unpaired) electrons. The Morgan fingerprint density at radius 1 is 1.00 bits per heavy atom. The third kappa shape index (κ3) is 5.08. The van der Waals surface area contributed by atoms with Crippen LogP contribution in [0.1, 0.15) is 49.5 Å². The molecule has 1 aliphatic heterocycles. The van der Waals surface area contributed by atoms with Crippen LogP contribution in [0.2, 0.25) is 0 Å². The van der Waals surface area contributed by atoms with E-state index in [9.17, 15) is 22.8 Å². The van der Waals surface area contributed by atoms with Crippen molar-refractivity contribution in [2.75, 3.05) is 6.54 Å². The molecule has 176 valence electrons. The van der Waals surface area contributed by atoms with Crippen LogP contribution in [0, 0.1) is 0 Å². The van der Waals surface area contributed by atoms with Crippen molar-refractivity contribution in [3.8, 4) is 0 Å². The van der Waals surface area contributed by atoms with Gasteiger partial charge in [-0.2, -0.15) is 0 Å². The number of rotatable bonds is 9. The molecule has 0 aromatic heterocycles. The predicted octanol–water partition coefficient (Wildman–Crippen LogP) is 2.55. The van der Waals surface area contributed by atoms with Crippen molar-refractivity contribution in [2.45, 2.75) is 57.1 Å². The summed E-state index contributed by atoms with van der Waals surface area (Å²) in [6, 6.07) is 14.1. The minimum absolute atomic E-state index is 0.0430. The summed E-state index contributed by atoms with van der Waals surface area (Å²) in [6.07, 6.45) is 1.06. The molecule has 9 heteroatoms. The van der Waals surface area contributed by atoms with Crippen LogP contribution in [0.4, 0.5) is 0 Å². The van der Waals surface area contributed by atoms with E-state index in [2.05, 4.69) is 5.32 Å². The smallest absolute Gasteiger partial charge is 0.269 e. The largest absolute Gasteiger partial charge is 0.352 e. The van der Waals surface area contributed by atoms with Crippen LogP contribution < -0.4 is 5.32 Å². The van der Waals surface area contributed by atoms with Gasteiger partial charge in [0, 0.05) is 12.6 Å². The van der Waals surface area contributed by atoms with E-state index < -0.39 is 34.4 Å². The highest BCUT2D eigenvalue weighted by molar-refractivity contribution is 7.90. The summed E-state index contributed by atoms with van der Waals surface area (Å²) in [5.74, 6) is -1.67. The second-order valence-corrected chi connectivity index (χ2v) is 9.89. The summed E-state index contributed by atoms with van der Waals surface area (Å²) in [7, 11) is -4.14. The summed E-state index contributed by atoms with van der Waals surface area (Å²) in [6.45, 7) is 5.05. The molecule has 0 saturated carbocycles. The average Bonchev–Trinajstić information content (AvgIpc) is 3.00. The number of benzene rings is 2. The van der Waals surface area contributed by atoms with E-state index in [1.807, 2.05) is 44.2 Å². The molecule has 2 aromatic rings. The SMILES string of the molecule is CC[C@@H](C)NC(=O)[C@H](CC)N(Cc1ccccc1)C(=O)CN1C(=O)c2ccccc2S1(=O)=O. The highest BCUT2D eigenvalue weighted by Gasteiger charge is 2.43. The Morgan fingerprint density at radius 3 is 2.24 bits per heavy atom. The van der Waals surface area contributed by atoms with Gasteiger partial charge in [0.05, 0.1) is 5.56 Å². The summed E-state index contributed by atoms with van der Waals surface area (Å²) < 4.78 is 26.4. The van der Waals surface area contributed by atoms with E-state index in [0.29, 0.717) is 10.7 Å². The van der Waals surface area contributed by atoms with Crippen molar-refractivity contribution in [3.63, 3.8) is 0 Å². The lowest BCUT2D eigenvalue weighted by Crippen LogP contribution is -2.53. The molecule has 0 bridgehead atoms. The fourth-order valence-electron chi connectivity index (χ4n) is 3.74. The van der Waals surface area contributed by atoms with Gasteiger partial charge in [-0.05, 0) is 37.5 Å². The van der Waals surface area contributed by atoms with Crippen LogP contribution in [0.5, 0.6) is 0 Å². The van der Waals surface area contributed by atoms with E-state index in [1.54, 1.807) is 13.0 Å². The fraction of sp³-hybridized carbons (Fsp3) is 0.375. The zero-order valence-corrected chi connectivity index (χ0v) is 19.8.